The van der Waals surface area contributed by atoms with Crippen LogP contribution in [0.1, 0.15) is 5.56 Å². The van der Waals surface area contributed by atoms with Crippen LogP contribution < -0.4 is 11.5 Å². The van der Waals surface area contributed by atoms with Crippen LogP contribution in [0.4, 0.5) is 11.8 Å². The molecule has 0 radical (unpaired) electrons. The summed E-state index contributed by atoms with van der Waals surface area (Å²) in [5.41, 5.74) is 15.0. The number of hydrogen-bond donors (Lipinski definition) is 2. The largest absolute Gasteiger partial charge is 0.422 e. The van der Waals surface area contributed by atoms with Gasteiger partial charge in [-0.1, -0.05) is 0 Å². The molecule has 0 bridgehead atoms. The molecule has 0 aliphatic rings. The molecular weight excluding hydrogens is 276 g/mol. The Bertz CT molecular complexity index is 802. The highest BCUT2D eigenvalue weighted by Gasteiger charge is 2.16. The van der Waals surface area contributed by atoms with Gasteiger partial charge in [-0.15, -0.1) is 11.3 Å². The third-order valence-electron chi connectivity index (χ3n) is 2.64. The fraction of sp³-hybridized carbons (Fsp3) is 0. The highest BCUT2D eigenvalue weighted by atomic mass is 32.1. The number of oxazole rings is 1. The topological polar surface area (TPSA) is 128 Å². The SMILES string of the molecule is N#Cc1c(-c2cscn2)cc(-c2cnc(N)o2)nc1N. The molecule has 0 saturated carbocycles. The van der Waals surface area contributed by atoms with Gasteiger partial charge in [0.25, 0.3) is 6.01 Å². The molecule has 0 spiro atoms. The van der Waals surface area contributed by atoms with Gasteiger partial charge in [-0.2, -0.15) is 5.26 Å². The Kier molecular flexibility index (Phi) is 2.81. The quantitative estimate of drug-likeness (QED) is 0.735. The minimum absolute atomic E-state index is 0.0416. The van der Waals surface area contributed by atoms with Crippen LogP contribution in [0.2, 0.25) is 0 Å². The summed E-state index contributed by atoms with van der Waals surface area (Å²) in [5.74, 6) is 0.498. The number of nitriles is 1. The minimum Gasteiger partial charge on any atom is -0.422 e. The second-order valence-electron chi connectivity index (χ2n) is 3.86. The van der Waals surface area contributed by atoms with E-state index in [-0.39, 0.29) is 17.4 Å². The van der Waals surface area contributed by atoms with Gasteiger partial charge in [-0.05, 0) is 6.07 Å². The average molecular weight is 284 g/mol. The zero-order valence-corrected chi connectivity index (χ0v) is 10.9. The summed E-state index contributed by atoms with van der Waals surface area (Å²) in [6.45, 7) is 0. The maximum Gasteiger partial charge on any atom is 0.292 e. The maximum atomic E-state index is 9.21. The molecule has 0 aromatic carbocycles. The normalized spacial score (nSPS) is 10.3. The number of aromatic nitrogens is 3. The molecule has 8 heteroatoms. The van der Waals surface area contributed by atoms with Crippen molar-refractivity contribution in [2.75, 3.05) is 11.5 Å². The predicted octanol–water partition coefficient (Wildman–Crippen LogP) is 1.90. The third kappa shape index (κ3) is 1.96. The van der Waals surface area contributed by atoms with E-state index in [0.717, 1.165) is 0 Å². The Morgan fingerprint density at radius 1 is 1.25 bits per heavy atom. The van der Waals surface area contributed by atoms with Crippen molar-refractivity contribution < 1.29 is 4.42 Å². The van der Waals surface area contributed by atoms with E-state index < -0.39 is 0 Å². The Labute approximate surface area is 117 Å². The number of pyridine rings is 1. The van der Waals surface area contributed by atoms with E-state index in [1.807, 2.05) is 11.4 Å². The van der Waals surface area contributed by atoms with Gasteiger partial charge in [0, 0.05) is 10.9 Å². The lowest BCUT2D eigenvalue weighted by Crippen LogP contribution is -1.99. The van der Waals surface area contributed by atoms with E-state index >= 15 is 0 Å². The molecule has 0 unspecified atom stereocenters. The molecule has 3 rings (SSSR count). The lowest BCUT2D eigenvalue weighted by atomic mass is 10.1. The summed E-state index contributed by atoms with van der Waals surface area (Å²) in [7, 11) is 0. The van der Waals surface area contributed by atoms with Gasteiger partial charge in [0.2, 0.25) is 0 Å². The smallest absolute Gasteiger partial charge is 0.292 e. The molecule has 0 saturated heterocycles. The Balaban J connectivity index is 2.23. The maximum absolute atomic E-state index is 9.21. The number of nitrogens with two attached hydrogens (primary N) is 2. The zero-order valence-electron chi connectivity index (χ0n) is 10.1. The van der Waals surface area contributed by atoms with Crippen LogP contribution in [0.15, 0.2) is 27.6 Å². The lowest BCUT2D eigenvalue weighted by molar-refractivity contribution is 0.592. The fourth-order valence-corrected chi connectivity index (χ4v) is 2.31. The van der Waals surface area contributed by atoms with Gasteiger partial charge >= 0.3 is 0 Å². The molecule has 0 fully saturated rings. The Hall–Kier alpha value is -2.92. The minimum atomic E-state index is 0.0416. The molecule has 7 nitrogen and oxygen atoms in total. The van der Waals surface area contributed by atoms with Gasteiger partial charge in [0.05, 0.1) is 17.4 Å². The van der Waals surface area contributed by atoms with Gasteiger partial charge < -0.3 is 15.9 Å². The van der Waals surface area contributed by atoms with Crippen molar-refractivity contribution in [2.45, 2.75) is 0 Å². The molecular formula is C12H8N6OS. The molecule has 3 heterocycles. The highest BCUT2D eigenvalue weighted by molar-refractivity contribution is 7.07. The molecule has 3 aromatic rings. The molecule has 0 atom stereocenters. The average Bonchev–Trinajstić information content (AvgIpc) is 3.08. The molecule has 3 aromatic heterocycles. The highest BCUT2D eigenvalue weighted by Crippen LogP contribution is 2.31. The predicted molar refractivity (Wildman–Crippen MR) is 74.4 cm³/mol. The van der Waals surface area contributed by atoms with Crippen LogP contribution in [0.3, 0.4) is 0 Å². The number of nitrogens with zero attached hydrogens (tertiary/aromatic N) is 4. The summed E-state index contributed by atoms with van der Waals surface area (Å²) in [5, 5.41) is 11.0. The van der Waals surface area contributed by atoms with E-state index in [1.165, 1.54) is 17.5 Å². The standard InChI is InChI=1S/C12H8N6OS/c13-2-7-6(9-4-20-5-17-9)1-8(18-11(7)14)10-3-16-12(15)19-10/h1,3-5H,(H2,14,18)(H2,15,16). The van der Waals surface area contributed by atoms with Crippen molar-refractivity contribution in [1.82, 2.24) is 15.0 Å². The molecule has 0 amide bonds. The second kappa shape index (κ2) is 4.64. The molecule has 0 aliphatic heterocycles. The van der Waals surface area contributed by atoms with E-state index in [2.05, 4.69) is 15.0 Å². The van der Waals surface area contributed by atoms with E-state index in [0.29, 0.717) is 22.7 Å². The summed E-state index contributed by atoms with van der Waals surface area (Å²) in [6, 6.07) is 3.77. The van der Waals surface area contributed by atoms with E-state index in [4.69, 9.17) is 15.9 Å². The van der Waals surface area contributed by atoms with Gasteiger partial charge in [0.1, 0.15) is 23.1 Å². The number of rotatable bonds is 2. The molecule has 20 heavy (non-hydrogen) atoms. The first-order chi connectivity index (χ1) is 9.69. The van der Waals surface area contributed by atoms with Crippen molar-refractivity contribution in [2.24, 2.45) is 0 Å². The van der Waals surface area contributed by atoms with Crippen molar-refractivity contribution in [1.29, 1.82) is 5.26 Å². The first-order valence-electron chi connectivity index (χ1n) is 5.50. The van der Waals surface area contributed by atoms with Crippen molar-refractivity contribution >= 4 is 23.2 Å². The van der Waals surface area contributed by atoms with E-state index in [1.54, 1.807) is 11.6 Å². The molecule has 4 N–H and O–H groups in total. The number of nitrogen functional groups attached to an aromatic ring is 2. The van der Waals surface area contributed by atoms with Crippen molar-refractivity contribution in [3.05, 3.63) is 28.7 Å². The summed E-state index contributed by atoms with van der Waals surface area (Å²) < 4.78 is 5.22. The van der Waals surface area contributed by atoms with Gasteiger partial charge in [-0.25, -0.2) is 15.0 Å². The lowest BCUT2D eigenvalue weighted by Gasteiger charge is -2.06. The fourth-order valence-electron chi connectivity index (χ4n) is 1.76. The van der Waals surface area contributed by atoms with Crippen LogP contribution in [-0.4, -0.2) is 15.0 Å². The molecule has 0 aliphatic carbocycles. The van der Waals surface area contributed by atoms with Crippen LogP contribution in [0.25, 0.3) is 22.7 Å². The van der Waals surface area contributed by atoms with Crippen molar-refractivity contribution in [3.8, 4) is 28.8 Å². The number of thiazole rings is 1. The third-order valence-corrected chi connectivity index (χ3v) is 3.23. The van der Waals surface area contributed by atoms with Crippen molar-refractivity contribution in [3.63, 3.8) is 0 Å². The zero-order chi connectivity index (χ0) is 14.1. The number of anilines is 2. The van der Waals surface area contributed by atoms with Crippen LogP contribution in [0, 0.1) is 11.3 Å². The van der Waals surface area contributed by atoms with Gasteiger partial charge in [-0.3, -0.25) is 0 Å². The second-order valence-corrected chi connectivity index (χ2v) is 4.58. The van der Waals surface area contributed by atoms with E-state index in [9.17, 15) is 5.26 Å². The first-order valence-corrected chi connectivity index (χ1v) is 6.44. The van der Waals surface area contributed by atoms with Crippen LogP contribution >= 0.6 is 11.3 Å². The first kappa shape index (κ1) is 12.1. The van der Waals surface area contributed by atoms with Crippen LogP contribution in [-0.2, 0) is 0 Å². The number of hydrogen-bond acceptors (Lipinski definition) is 8. The summed E-state index contributed by atoms with van der Waals surface area (Å²) in [4.78, 5) is 12.1. The summed E-state index contributed by atoms with van der Waals surface area (Å²) in [6.07, 6.45) is 1.45. The summed E-state index contributed by atoms with van der Waals surface area (Å²) >= 11 is 1.43. The van der Waals surface area contributed by atoms with Gasteiger partial charge in [0.15, 0.2) is 5.76 Å². The Morgan fingerprint density at radius 3 is 2.70 bits per heavy atom. The Morgan fingerprint density at radius 2 is 2.10 bits per heavy atom. The molecule has 98 valence electrons. The monoisotopic (exact) mass is 284 g/mol. The van der Waals surface area contributed by atoms with Crippen LogP contribution in [0.5, 0.6) is 0 Å².